The van der Waals surface area contributed by atoms with Gasteiger partial charge in [0.2, 0.25) is 0 Å². The molecule has 0 unspecified atom stereocenters. The van der Waals surface area contributed by atoms with Crippen LogP contribution >= 0.6 is 23.4 Å². The van der Waals surface area contributed by atoms with Gasteiger partial charge < -0.3 is 9.80 Å². The summed E-state index contributed by atoms with van der Waals surface area (Å²) >= 11 is 7.83. The molecule has 0 saturated carbocycles. The Hall–Kier alpha value is -3.39. The van der Waals surface area contributed by atoms with Crippen molar-refractivity contribution in [1.82, 2.24) is 19.8 Å². The Bertz CT molecular complexity index is 1390. The van der Waals surface area contributed by atoms with Crippen molar-refractivity contribution in [3.8, 4) is 0 Å². The lowest BCUT2D eigenvalue weighted by atomic mass is 9.96. The summed E-state index contributed by atoms with van der Waals surface area (Å²) in [6, 6.07) is 31.1. The first-order chi connectivity index (χ1) is 20.1. The number of carbonyl (C=O) groups is 1. The fourth-order valence-electron chi connectivity index (χ4n) is 5.35. The highest BCUT2D eigenvalue weighted by Crippen LogP contribution is 2.30. The Labute approximate surface area is 252 Å². The number of piperazine rings is 1. The number of nitrogens with zero attached hydrogens (tertiary/aromatic N) is 5. The Morgan fingerprint density at radius 1 is 0.854 bits per heavy atom. The lowest BCUT2D eigenvalue weighted by Gasteiger charge is -2.39. The standard InChI is InChI=1S/C33H36ClN5OS/c1-3-37(4-2)30-23-29(34)35-33(36-30)41-24-25-12-11-17-28(22-25)32(40)39-20-18-38(19-21-39)31(26-13-7-5-8-14-26)27-15-9-6-10-16-27/h5-17,22-23,31H,3-4,18-21,24H2,1-2H3. The maximum Gasteiger partial charge on any atom is 0.253 e. The Morgan fingerprint density at radius 2 is 1.49 bits per heavy atom. The van der Waals surface area contributed by atoms with Crippen LogP contribution < -0.4 is 4.90 Å². The first kappa shape index (κ1) is 29.1. The lowest BCUT2D eigenvalue weighted by Crippen LogP contribution is -2.49. The van der Waals surface area contributed by atoms with Crippen LogP contribution in [0.2, 0.25) is 5.15 Å². The van der Waals surface area contributed by atoms with E-state index in [4.69, 9.17) is 16.6 Å². The van der Waals surface area contributed by atoms with Crippen LogP contribution in [0.25, 0.3) is 0 Å². The average Bonchev–Trinajstić information content (AvgIpc) is 3.02. The molecule has 1 aliphatic rings. The molecule has 5 rings (SSSR count). The molecule has 212 valence electrons. The molecule has 4 aromatic rings. The van der Waals surface area contributed by atoms with Crippen molar-refractivity contribution in [3.05, 3.63) is 118 Å². The number of benzene rings is 3. The third kappa shape index (κ3) is 7.28. The van der Waals surface area contributed by atoms with Gasteiger partial charge in [0, 0.05) is 56.7 Å². The maximum absolute atomic E-state index is 13.5. The third-order valence-electron chi connectivity index (χ3n) is 7.49. The number of rotatable bonds is 10. The average molecular weight is 586 g/mol. The van der Waals surface area contributed by atoms with Gasteiger partial charge in [0.15, 0.2) is 5.16 Å². The van der Waals surface area contributed by atoms with Gasteiger partial charge in [-0.25, -0.2) is 9.97 Å². The molecule has 0 radical (unpaired) electrons. The molecule has 1 fully saturated rings. The van der Waals surface area contributed by atoms with Gasteiger partial charge in [0.1, 0.15) is 11.0 Å². The number of carbonyl (C=O) groups excluding carboxylic acids is 1. The van der Waals surface area contributed by atoms with Crippen LogP contribution in [0.3, 0.4) is 0 Å². The van der Waals surface area contributed by atoms with Gasteiger partial charge in [-0.1, -0.05) is 96.2 Å². The van der Waals surface area contributed by atoms with Gasteiger partial charge in [-0.2, -0.15) is 0 Å². The second-order valence-corrected chi connectivity index (χ2v) is 11.4. The number of amides is 1. The zero-order valence-electron chi connectivity index (χ0n) is 23.6. The van der Waals surface area contributed by atoms with Crippen LogP contribution in [-0.2, 0) is 5.75 Å². The first-order valence-corrected chi connectivity index (χ1v) is 15.6. The summed E-state index contributed by atoms with van der Waals surface area (Å²) in [5.41, 5.74) is 4.32. The van der Waals surface area contributed by atoms with Crippen LogP contribution in [0.15, 0.2) is 96.2 Å². The summed E-state index contributed by atoms with van der Waals surface area (Å²) in [6.45, 7) is 8.92. The highest BCUT2D eigenvalue weighted by molar-refractivity contribution is 7.98. The number of anilines is 1. The monoisotopic (exact) mass is 585 g/mol. The second kappa shape index (κ2) is 14.0. The molecule has 0 spiro atoms. The van der Waals surface area contributed by atoms with Gasteiger partial charge in [0.05, 0.1) is 6.04 Å². The number of aromatic nitrogens is 2. The quantitative estimate of drug-likeness (QED) is 0.116. The van der Waals surface area contributed by atoms with E-state index >= 15 is 0 Å². The molecule has 41 heavy (non-hydrogen) atoms. The van der Waals surface area contributed by atoms with Crippen LogP contribution in [0.4, 0.5) is 5.82 Å². The van der Waals surface area contributed by atoms with Gasteiger partial charge >= 0.3 is 0 Å². The van der Waals surface area contributed by atoms with E-state index < -0.39 is 0 Å². The molecule has 0 bridgehead atoms. The van der Waals surface area contributed by atoms with Crippen molar-refractivity contribution >= 4 is 35.1 Å². The van der Waals surface area contributed by atoms with E-state index in [1.54, 1.807) is 6.07 Å². The zero-order chi connectivity index (χ0) is 28.6. The van der Waals surface area contributed by atoms with Crippen molar-refractivity contribution in [2.24, 2.45) is 0 Å². The summed E-state index contributed by atoms with van der Waals surface area (Å²) in [5, 5.41) is 1.08. The smallest absolute Gasteiger partial charge is 0.253 e. The van der Waals surface area contributed by atoms with Crippen molar-refractivity contribution in [3.63, 3.8) is 0 Å². The molecule has 1 aromatic heterocycles. The Kier molecular flexibility index (Phi) is 9.93. The Morgan fingerprint density at radius 3 is 2.10 bits per heavy atom. The molecule has 6 nitrogen and oxygen atoms in total. The van der Waals surface area contributed by atoms with Gasteiger partial charge in [-0.15, -0.1) is 0 Å². The minimum Gasteiger partial charge on any atom is -0.357 e. The summed E-state index contributed by atoms with van der Waals surface area (Å²) in [6.07, 6.45) is 0. The third-order valence-corrected chi connectivity index (χ3v) is 8.60. The zero-order valence-corrected chi connectivity index (χ0v) is 25.2. The number of hydrogen-bond acceptors (Lipinski definition) is 6. The van der Waals surface area contributed by atoms with E-state index in [1.807, 2.05) is 29.2 Å². The SMILES string of the molecule is CCN(CC)c1cc(Cl)nc(SCc2cccc(C(=O)N3CCN(C(c4ccccc4)c4ccccc4)CC3)c2)n1. The molecular formula is C33H36ClN5OS. The topological polar surface area (TPSA) is 52.6 Å². The normalized spacial score (nSPS) is 13.9. The summed E-state index contributed by atoms with van der Waals surface area (Å²) < 4.78 is 0. The van der Waals surface area contributed by atoms with Crippen molar-refractivity contribution in [1.29, 1.82) is 0 Å². The summed E-state index contributed by atoms with van der Waals surface area (Å²) in [7, 11) is 0. The molecule has 8 heteroatoms. The van der Waals surface area contributed by atoms with E-state index in [-0.39, 0.29) is 11.9 Å². The minimum atomic E-state index is 0.0790. The lowest BCUT2D eigenvalue weighted by molar-refractivity contribution is 0.0597. The van der Waals surface area contributed by atoms with Crippen molar-refractivity contribution in [2.75, 3.05) is 44.2 Å². The summed E-state index contributed by atoms with van der Waals surface area (Å²) in [4.78, 5) is 29.2. The van der Waals surface area contributed by atoms with E-state index in [1.165, 1.54) is 22.9 Å². The predicted octanol–water partition coefficient (Wildman–Crippen LogP) is 6.82. The minimum absolute atomic E-state index is 0.0790. The van der Waals surface area contributed by atoms with Crippen LogP contribution in [-0.4, -0.2) is 64.9 Å². The first-order valence-electron chi connectivity index (χ1n) is 14.2. The Balaban J connectivity index is 1.23. The van der Waals surface area contributed by atoms with E-state index in [2.05, 4.69) is 89.3 Å². The molecule has 3 aromatic carbocycles. The molecule has 0 aliphatic carbocycles. The van der Waals surface area contributed by atoms with E-state index in [0.717, 1.165) is 43.1 Å². The van der Waals surface area contributed by atoms with E-state index in [0.29, 0.717) is 29.2 Å². The molecule has 0 atom stereocenters. The van der Waals surface area contributed by atoms with Gasteiger partial charge in [-0.05, 0) is 42.7 Å². The fourth-order valence-corrected chi connectivity index (χ4v) is 6.38. The molecule has 1 amide bonds. The summed E-state index contributed by atoms with van der Waals surface area (Å²) in [5.74, 6) is 1.57. The second-order valence-electron chi connectivity index (χ2n) is 10.0. The highest BCUT2D eigenvalue weighted by Gasteiger charge is 2.28. The van der Waals surface area contributed by atoms with Crippen LogP contribution in [0, 0.1) is 0 Å². The number of hydrogen-bond donors (Lipinski definition) is 0. The van der Waals surface area contributed by atoms with Gasteiger partial charge in [-0.3, -0.25) is 9.69 Å². The van der Waals surface area contributed by atoms with E-state index in [9.17, 15) is 4.79 Å². The highest BCUT2D eigenvalue weighted by atomic mass is 35.5. The fraction of sp³-hybridized carbons (Fsp3) is 0.303. The number of halogens is 1. The predicted molar refractivity (Wildman–Crippen MR) is 169 cm³/mol. The molecule has 2 heterocycles. The van der Waals surface area contributed by atoms with Crippen LogP contribution in [0.5, 0.6) is 0 Å². The van der Waals surface area contributed by atoms with Gasteiger partial charge in [0.25, 0.3) is 5.91 Å². The van der Waals surface area contributed by atoms with Crippen molar-refractivity contribution in [2.45, 2.75) is 30.8 Å². The van der Waals surface area contributed by atoms with Crippen LogP contribution in [0.1, 0.15) is 46.9 Å². The molecular weight excluding hydrogens is 550 g/mol. The van der Waals surface area contributed by atoms with Crippen molar-refractivity contribution < 1.29 is 4.79 Å². The number of thioether (sulfide) groups is 1. The maximum atomic E-state index is 13.5. The largest absolute Gasteiger partial charge is 0.357 e. The molecule has 1 saturated heterocycles. The molecule has 0 N–H and O–H groups in total. The molecule has 1 aliphatic heterocycles.